The molecular formula is C20H20N4O3S2. The minimum Gasteiger partial charge on any atom is -0.484 e. The Bertz CT molecular complexity index is 979. The predicted molar refractivity (Wildman–Crippen MR) is 116 cm³/mol. The van der Waals surface area contributed by atoms with Gasteiger partial charge in [0.25, 0.3) is 5.91 Å². The van der Waals surface area contributed by atoms with Gasteiger partial charge in [0, 0.05) is 10.6 Å². The van der Waals surface area contributed by atoms with E-state index < -0.39 is 0 Å². The first kappa shape index (κ1) is 20.8. The number of ether oxygens (including phenoxy) is 1. The van der Waals surface area contributed by atoms with Crippen molar-refractivity contribution in [3.8, 4) is 5.75 Å². The van der Waals surface area contributed by atoms with Gasteiger partial charge in [-0.1, -0.05) is 35.6 Å². The van der Waals surface area contributed by atoms with Crippen molar-refractivity contribution in [1.82, 2.24) is 10.2 Å². The normalized spacial score (nSPS) is 11.5. The van der Waals surface area contributed by atoms with Crippen LogP contribution in [0.2, 0.25) is 0 Å². The molecule has 0 aliphatic heterocycles. The topological polar surface area (TPSA) is 93.2 Å². The van der Waals surface area contributed by atoms with E-state index >= 15 is 0 Å². The summed E-state index contributed by atoms with van der Waals surface area (Å²) in [6, 6.07) is 16.5. The summed E-state index contributed by atoms with van der Waals surface area (Å²) < 4.78 is 5.44. The van der Waals surface area contributed by atoms with Gasteiger partial charge in [0.1, 0.15) is 10.8 Å². The summed E-state index contributed by atoms with van der Waals surface area (Å²) >= 11 is 2.72. The van der Waals surface area contributed by atoms with Crippen LogP contribution in [0.4, 0.5) is 10.8 Å². The number of rotatable bonds is 8. The fraction of sp³-hybridized carbons (Fsp3) is 0.200. The van der Waals surface area contributed by atoms with Crippen molar-refractivity contribution >= 4 is 45.7 Å². The average Bonchev–Trinajstić information content (AvgIpc) is 3.12. The molecule has 1 heterocycles. The molecule has 7 nitrogen and oxygen atoms in total. The molecule has 150 valence electrons. The van der Waals surface area contributed by atoms with E-state index in [4.69, 9.17) is 4.74 Å². The number of aryl methyl sites for hydroxylation is 1. The molecule has 0 saturated heterocycles. The van der Waals surface area contributed by atoms with Crippen molar-refractivity contribution in [2.45, 2.75) is 24.0 Å². The summed E-state index contributed by atoms with van der Waals surface area (Å²) in [5.74, 6) is 0.225. The van der Waals surface area contributed by atoms with Gasteiger partial charge in [0.15, 0.2) is 6.61 Å². The Kier molecular flexibility index (Phi) is 7.20. The molecule has 0 aliphatic rings. The SMILES string of the molecule is Cc1nnc(NC(=O)C(C)Sc2cccc(NC(=O)COc3ccccc3)c2)s1. The molecule has 1 atom stereocenters. The second-order valence-electron chi connectivity index (χ2n) is 6.05. The van der Waals surface area contributed by atoms with Crippen LogP contribution in [0.5, 0.6) is 5.75 Å². The van der Waals surface area contributed by atoms with Gasteiger partial charge in [-0.3, -0.25) is 14.9 Å². The first-order valence-corrected chi connectivity index (χ1v) is 10.5. The Labute approximate surface area is 176 Å². The van der Waals surface area contributed by atoms with E-state index in [-0.39, 0.29) is 23.7 Å². The summed E-state index contributed by atoms with van der Waals surface area (Å²) in [5.41, 5.74) is 0.643. The molecule has 1 unspecified atom stereocenters. The molecule has 0 radical (unpaired) electrons. The molecule has 0 saturated carbocycles. The van der Waals surface area contributed by atoms with E-state index in [0.717, 1.165) is 9.90 Å². The van der Waals surface area contributed by atoms with Crippen LogP contribution in [0.3, 0.4) is 0 Å². The van der Waals surface area contributed by atoms with E-state index in [2.05, 4.69) is 20.8 Å². The number of benzene rings is 2. The number of aromatic nitrogens is 2. The lowest BCUT2D eigenvalue weighted by molar-refractivity contribution is -0.118. The Morgan fingerprint density at radius 3 is 2.62 bits per heavy atom. The molecular weight excluding hydrogens is 408 g/mol. The monoisotopic (exact) mass is 428 g/mol. The molecule has 2 aromatic carbocycles. The molecule has 3 rings (SSSR count). The van der Waals surface area contributed by atoms with Crippen LogP contribution < -0.4 is 15.4 Å². The lowest BCUT2D eigenvalue weighted by atomic mass is 10.3. The van der Waals surface area contributed by atoms with Crippen LogP contribution in [0.1, 0.15) is 11.9 Å². The van der Waals surface area contributed by atoms with Crippen LogP contribution in [0, 0.1) is 6.92 Å². The Hall–Kier alpha value is -2.91. The van der Waals surface area contributed by atoms with Crippen molar-refractivity contribution in [3.05, 3.63) is 59.6 Å². The highest BCUT2D eigenvalue weighted by molar-refractivity contribution is 8.00. The first-order valence-electron chi connectivity index (χ1n) is 8.85. The fourth-order valence-corrected chi connectivity index (χ4v) is 3.84. The zero-order chi connectivity index (χ0) is 20.6. The fourth-order valence-electron chi connectivity index (χ4n) is 2.32. The Balaban J connectivity index is 1.51. The number of carbonyl (C=O) groups is 2. The molecule has 2 amide bonds. The molecule has 0 spiro atoms. The van der Waals surface area contributed by atoms with Crippen molar-refractivity contribution in [1.29, 1.82) is 0 Å². The third-order valence-corrected chi connectivity index (χ3v) is 5.52. The number of nitrogens with one attached hydrogen (secondary N) is 2. The van der Waals surface area contributed by atoms with E-state index in [1.165, 1.54) is 23.1 Å². The molecule has 0 fully saturated rings. The first-order chi connectivity index (χ1) is 14.0. The van der Waals surface area contributed by atoms with E-state index in [9.17, 15) is 9.59 Å². The molecule has 1 aromatic heterocycles. The van der Waals surface area contributed by atoms with Crippen molar-refractivity contribution in [2.24, 2.45) is 0 Å². The van der Waals surface area contributed by atoms with E-state index in [1.807, 2.05) is 50.2 Å². The van der Waals surface area contributed by atoms with Gasteiger partial charge in [-0.05, 0) is 44.2 Å². The van der Waals surface area contributed by atoms with Crippen LogP contribution >= 0.6 is 23.1 Å². The highest BCUT2D eigenvalue weighted by Crippen LogP contribution is 2.27. The minimum absolute atomic E-state index is 0.0819. The van der Waals surface area contributed by atoms with Crippen LogP contribution in [-0.4, -0.2) is 33.9 Å². The lowest BCUT2D eigenvalue weighted by Crippen LogP contribution is -2.22. The Morgan fingerprint density at radius 2 is 1.90 bits per heavy atom. The summed E-state index contributed by atoms with van der Waals surface area (Å²) in [4.78, 5) is 25.3. The number of thioether (sulfide) groups is 1. The van der Waals surface area contributed by atoms with Gasteiger partial charge >= 0.3 is 0 Å². The number of carbonyl (C=O) groups excluding carboxylic acids is 2. The number of anilines is 2. The molecule has 0 aliphatic carbocycles. The van der Waals surface area contributed by atoms with E-state index in [0.29, 0.717) is 16.6 Å². The summed E-state index contributed by atoms with van der Waals surface area (Å²) in [6.45, 7) is 3.56. The maximum absolute atomic E-state index is 12.3. The van der Waals surface area contributed by atoms with Gasteiger partial charge in [-0.25, -0.2) is 0 Å². The van der Waals surface area contributed by atoms with Crippen molar-refractivity contribution in [2.75, 3.05) is 17.2 Å². The number of para-hydroxylation sites is 1. The summed E-state index contributed by atoms with van der Waals surface area (Å²) in [5, 5.41) is 14.3. The second-order valence-corrected chi connectivity index (χ2v) is 8.65. The zero-order valence-corrected chi connectivity index (χ0v) is 17.5. The van der Waals surface area contributed by atoms with Gasteiger partial charge in [-0.15, -0.1) is 22.0 Å². The summed E-state index contributed by atoms with van der Waals surface area (Å²) in [6.07, 6.45) is 0. The standard InChI is InChI=1S/C20H20N4O3S2/c1-13(19(26)22-20-24-23-14(2)29-20)28-17-10-6-7-15(11-17)21-18(25)12-27-16-8-4-3-5-9-16/h3-11,13H,12H2,1-2H3,(H,21,25)(H,22,24,26). The van der Waals surface area contributed by atoms with Crippen LogP contribution in [-0.2, 0) is 9.59 Å². The predicted octanol–water partition coefficient (Wildman–Crippen LogP) is 3.98. The third kappa shape index (κ3) is 6.58. The highest BCUT2D eigenvalue weighted by atomic mass is 32.2. The number of nitrogens with zero attached hydrogens (tertiary/aromatic N) is 2. The maximum Gasteiger partial charge on any atom is 0.262 e. The number of hydrogen-bond donors (Lipinski definition) is 2. The lowest BCUT2D eigenvalue weighted by Gasteiger charge is -2.12. The molecule has 3 aromatic rings. The maximum atomic E-state index is 12.3. The Morgan fingerprint density at radius 1 is 1.10 bits per heavy atom. The molecule has 2 N–H and O–H groups in total. The third-order valence-electron chi connectivity index (χ3n) is 3.67. The quantitative estimate of drug-likeness (QED) is 0.527. The van der Waals surface area contributed by atoms with Gasteiger partial charge in [0.2, 0.25) is 11.0 Å². The second kappa shape index (κ2) is 10.0. The van der Waals surface area contributed by atoms with Gasteiger partial charge < -0.3 is 10.1 Å². The van der Waals surface area contributed by atoms with Crippen molar-refractivity contribution in [3.63, 3.8) is 0 Å². The minimum atomic E-state index is -0.341. The zero-order valence-electron chi connectivity index (χ0n) is 15.9. The van der Waals surface area contributed by atoms with Gasteiger partial charge in [-0.2, -0.15) is 0 Å². The molecule has 29 heavy (non-hydrogen) atoms. The van der Waals surface area contributed by atoms with Gasteiger partial charge in [0.05, 0.1) is 5.25 Å². The number of hydrogen-bond acceptors (Lipinski definition) is 7. The van der Waals surface area contributed by atoms with Crippen molar-refractivity contribution < 1.29 is 14.3 Å². The molecule has 0 bridgehead atoms. The molecule has 9 heteroatoms. The smallest absolute Gasteiger partial charge is 0.262 e. The largest absolute Gasteiger partial charge is 0.484 e. The summed E-state index contributed by atoms with van der Waals surface area (Å²) in [7, 11) is 0. The van der Waals surface area contributed by atoms with Crippen LogP contribution in [0.15, 0.2) is 59.5 Å². The number of amides is 2. The van der Waals surface area contributed by atoms with E-state index in [1.54, 1.807) is 18.2 Å². The van der Waals surface area contributed by atoms with Crippen LogP contribution in [0.25, 0.3) is 0 Å². The highest BCUT2D eigenvalue weighted by Gasteiger charge is 2.16. The average molecular weight is 429 g/mol.